The molecule has 21 heavy (non-hydrogen) atoms. The van der Waals surface area contributed by atoms with Gasteiger partial charge in [0.05, 0.1) is 0 Å². The molecule has 0 saturated carbocycles. The lowest BCUT2D eigenvalue weighted by molar-refractivity contribution is 0.777. The Hall–Kier alpha value is -1.87. The molecule has 0 aliphatic heterocycles. The summed E-state index contributed by atoms with van der Waals surface area (Å²) in [7, 11) is 0. The zero-order valence-electron chi connectivity index (χ0n) is 12.6. The van der Waals surface area contributed by atoms with Crippen LogP contribution in [0.4, 0.5) is 5.69 Å². The molecule has 0 aliphatic rings. The predicted molar refractivity (Wildman–Crippen MR) is 94.9 cm³/mol. The maximum atomic E-state index is 5.30. The zero-order chi connectivity index (χ0) is 15.1. The van der Waals surface area contributed by atoms with Crippen LogP contribution in [0.1, 0.15) is 23.1 Å². The van der Waals surface area contributed by atoms with Gasteiger partial charge >= 0.3 is 0 Å². The third-order valence-electron chi connectivity index (χ3n) is 3.32. The van der Waals surface area contributed by atoms with Crippen LogP contribution in [0.15, 0.2) is 48.5 Å². The molecular weight excluding hydrogens is 276 g/mol. The molecule has 0 unspecified atom stereocenters. The molecule has 3 heteroatoms. The van der Waals surface area contributed by atoms with Crippen molar-refractivity contribution in [2.75, 3.05) is 11.9 Å². The molecule has 2 aromatic rings. The number of aryl methyl sites for hydroxylation is 3. The smallest absolute Gasteiger partial charge is 0.170 e. The zero-order valence-corrected chi connectivity index (χ0v) is 13.5. The van der Waals surface area contributed by atoms with Gasteiger partial charge in [0.25, 0.3) is 0 Å². The Morgan fingerprint density at radius 3 is 2.48 bits per heavy atom. The van der Waals surface area contributed by atoms with Gasteiger partial charge in [0.15, 0.2) is 5.11 Å². The fraction of sp³-hybridized carbons (Fsp3) is 0.278. The van der Waals surface area contributed by atoms with Gasteiger partial charge in [0.2, 0.25) is 0 Å². The van der Waals surface area contributed by atoms with Crippen molar-refractivity contribution in [1.82, 2.24) is 5.32 Å². The summed E-state index contributed by atoms with van der Waals surface area (Å²) in [5.74, 6) is 0. The maximum Gasteiger partial charge on any atom is 0.170 e. The number of thiocarbonyl (C=S) groups is 1. The second-order valence-corrected chi connectivity index (χ2v) is 5.75. The van der Waals surface area contributed by atoms with E-state index in [0.717, 1.165) is 25.1 Å². The lowest BCUT2D eigenvalue weighted by Gasteiger charge is -2.10. The van der Waals surface area contributed by atoms with Crippen LogP contribution in [0.3, 0.4) is 0 Å². The number of anilines is 1. The molecule has 0 spiro atoms. The molecule has 0 atom stereocenters. The lowest BCUT2D eigenvalue weighted by Crippen LogP contribution is -2.29. The van der Waals surface area contributed by atoms with Gasteiger partial charge in [0.1, 0.15) is 0 Å². The molecule has 0 amide bonds. The van der Waals surface area contributed by atoms with Gasteiger partial charge in [0, 0.05) is 12.2 Å². The van der Waals surface area contributed by atoms with Gasteiger partial charge in [-0.05, 0) is 56.6 Å². The van der Waals surface area contributed by atoms with Gasteiger partial charge in [-0.1, -0.05) is 47.5 Å². The van der Waals surface area contributed by atoms with Crippen molar-refractivity contribution in [2.45, 2.75) is 26.7 Å². The first-order valence-electron chi connectivity index (χ1n) is 7.30. The minimum Gasteiger partial charge on any atom is -0.362 e. The summed E-state index contributed by atoms with van der Waals surface area (Å²) < 4.78 is 0. The molecule has 2 N–H and O–H groups in total. The van der Waals surface area contributed by atoms with Crippen molar-refractivity contribution in [3.63, 3.8) is 0 Å². The fourth-order valence-corrected chi connectivity index (χ4v) is 2.39. The Labute approximate surface area is 132 Å². The highest BCUT2D eigenvalue weighted by molar-refractivity contribution is 7.80. The number of hydrogen-bond acceptors (Lipinski definition) is 1. The Bertz CT molecular complexity index is 590. The van der Waals surface area contributed by atoms with E-state index in [0.29, 0.717) is 5.11 Å². The van der Waals surface area contributed by atoms with Gasteiger partial charge < -0.3 is 10.6 Å². The van der Waals surface area contributed by atoms with Crippen molar-refractivity contribution in [2.24, 2.45) is 0 Å². The Kier molecular flexibility index (Phi) is 5.76. The van der Waals surface area contributed by atoms with Crippen LogP contribution in [0.5, 0.6) is 0 Å². The normalized spacial score (nSPS) is 10.2. The number of benzene rings is 2. The summed E-state index contributed by atoms with van der Waals surface area (Å²) in [5.41, 5.74) is 4.97. The molecule has 0 aromatic heterocycles. The van der Waals surface area contributed by atoms with Crippen LogP contribution in [0.2, 0.25) is 0 Å². The molecule has 0 fully saturated rings. The van der Waals surface area contributed by atoms with E-state index in [2.05, 4.69) is 60.9 Å². The van der Waals surface area contributed by atoms with E-state index < -0.39 is 0 Å². The summed E-state index contributed by atoms with van der Waals surface area (Å²) >= 11 is 5.30. The molecule has 2 aromatic carbocycles. The van der Waals surface area contributed by atoms with E-state index in [1.807, 2.05) is 12.1 Å². The van der Waals surface area contributed by atoms with Gasteiger partial charge in [-0.25, -0.2) is 0 Å². The molecule has 0 saturated heterocycles. The van der Waals surface area contributed by atoms with E-state index in [-0.39, 0.29) is 0 Å². The molecule has 2 nitrogen and oxygen atoms in total. The van der Waals surface area contributed by atoms with E-state index in [1.54, 1.807) is 0 Å². The Morgan fingerprint density at radius 1 is 1.00 bits per heavy atom. The van der Waals surface area contributed by atoms with Crippen molar-refractivity contribution in [3.05, 3.63) is 65.2 Å². The van der Waals surface area contributed by atoms with Crippen molar-refractivity contribution in [1.29, 1.82) is 0 Å². The second-order valence-electron chi connectivity index (χ2n) is 5.34. The minimum atomic E-state index is 0.683. The molecule has 110 valence electrons. The van der Waals surface area contributed by atoms with Crippen LogP contribution < -0.4 is 10.6 Å². The van der Waals surface area contributed by atoms with Crippen LogP contribution in [0.25, 0.3) is 0 Å². The van der Waals surface area contributed by atoms with Gasteiger partial charge in [-0.3, -0.25) is 0 Å². The Balaban J connectivity index is 1.68. The monoisotopic (exact) mass is 298 g/mol. The standard InChI is InChI=1S/C18H22N2S/c1-14-8-10-17(11-9-14)20-18(21)19-12-4-7-16-6-3-5-15(2)13-16/h3,5-6,8-11,13H,4,7,12H2,1-2H3,(H2,19,20,21). The summed E-state index contributed by atoms with van der Waals surface area (Å²) in [5, 5.41) is 7.13. The average Bonchev–Trinajstić information content (AvgIpc) is 2.46. The third kappa shape index (κ3) is 5.56. The van der Waals surface area contributed by atoms with Crippen LogP contribution in [0, 0.1) is 13.8 Å². The third-order valence-corrected chi connectivity index (χ3v) is 3.57. The van der Waals surface area contributed by atoms with E-state index in [9.17, 15) is 0 Å². The average molecular weight is 298 g/mol. The van der Waals surface area contributed by atoms with E-state index in [1.165, 1.54) is 16.7 Å². The molecule has 0 bridgehead atoms. The topological polar surface area (TPSA) is 24.1 Å². The van der Waals surface area contributed by atoms with Crippen LogP contribution in [-0.2, 0) is 6.42 Å². The van der Waals surface area contributed by atoms with Gasteiger partial charge in [-0.2, -0.15) is 0 Å². The first kappa shape index (κ1) is 15.5. The number of nitrogens with one attached hydrogen (secondary N) is 2. The Morgan fingerprint density at radius 2 is 1.76 bits per heavy atom. The highest BCUT2D eigenvalue weighted by atomic mass is 32.1. The summed E-state index contributed by atoms with van der Waals surface area (Å²) in [6.45, 7) is 5.08. The lowest BCUT2D eigenvalue weighted by atomic mass is 10.1. The molecule has 0 radical (unpaired) electrons. The molecule has 0 aliphatic carbocycles. The van der Waals surface area contributed by atoms with Crippen molar-refractivity contribution >= 4 is 23.0 Å². The van der Waals surface area contributed by atoms with Gasteiger partial charge in [-0.15, -0.1) is 0 Å². The van der Waals surface area contributed by atoms with Crippen molar-refractivity contribution in [3.8, 4) is 0 Å². The second kappa shape index (κ2) is 7.79. The highest BCUT2D eigenvalue weighted by Gasteiger charge is 1.98. The van der Waals surface area contributed by atoms with Crippen LogP contribution >= 0.6 is 12.2 Å². The fourth-order valence-electron chi connectivity index (χ4n) is 2.17. The predicted octanol–water partition coefficient (Wildman–Crippen LogP) is 4.22. The first-order chi connectivity index (χ1) is 10.1. The molecule has 2 rings (SSSR count). The first-order valence-corrected chi connectivity index (χ1v) is 7.71. The SMILES string of the molecule is Cc1ccc(NC(=S)NCCCc2cccc(C)c2)cc1. The minimum absolute atomic E-state index is 0.683. The van der Waals surface area contributed by atoms with Crippen molar-refractivity contribution < 1.29 is 0 Å². The maximum absolute atomic E-state index is 5.30. The van der Waals surface area contributed by atoms with E-state index >= 15 is 0 Å². The summed E-state index contributed by atoms with van der Waals surface area (Å²) in [6.07, 6.45) is 2.14. The largest absolute Gasteiger partial charge is 0.362 e. The summed E-state index contributed by atoms with van der Waals surface area (Å²) in [6, 6.07) is 16.9. The molecule has 0 heterocycles. The number of hydrogen-bond donors (Lipinski definition) is 2. The van der Waals surface area contributed by atoms with Crippen LogP contribution in [-0.4, -0.2) is 11.7 Å². The summed E-state index contributed by atoms with van der Waals surface area (Å²) in [4.78, 5) is 0. The molecular formula is C18H22N2S. The number of rotatable bonds is 5. The van der Waals surface area contributed by atoms with E-state index in [4.69, 9.17) is 12.2 Å². The quantitative estimate of drug-likeness (QED) is 0.638. The highest BCUT2D eigenvalue weighted by Crippen LogP contribution is 2.08.